The van der Waals surface area contributed by atoms with E-state index >= 15 is 0 Å². The van der Waals surface area contributed by atoms with Crippen LogP contribution < -0.4 is 0 Å². The van der Waals surface area contributed by atoms with Crippen LogP contribution in [0, 0.1) is 0 Å². The highest BCUT2D eigenvalue weighted by Crippen LogP contribution is 2.34. The van der Waals surface area contributed by atoms with Crippen molar-refractivity contribution < 1.29 is 4.79 Å². The van der Waals surface area contributed by atoms with Crippen LogP contribution in [0.4, 0.5) is 0 Å². The second-order valence-electron chi connectivity index (χ2n) is 3.77. The van der Waals surface area contributed by atoms with E-state index < -0.39 is 0 Å². The Balaban J connectivity index is 2.27. The first-order valence-electron chi connectivity index (χ1n) is 5.20. The largest absolute Gasteiger partial charge is 0.336 e. The van der Waals surface area contributed by atoms with Gasteiger partial charge in [0.05, 0.1) is 6.04 Å². The molecule has 2 atom stereocenters. The topological polar surface area (TPSA) is 20.3 Å². The normalized spacial score (nSPS) is 26.3. The van der Waals surface area contributed by atoms with E-state index in [4.69, 9.17) is 0 Å². The Kier molecular flexibility index (Phi) is 3.31. The molecule has 0 aliphatic carbocycles. The van der Waals surface area contributed by atoms with Gasteiger partial charge >= 0.3 is 0 Å². The molecule has 2 unspecified atom stereocenters. The van der Waals surface area contributed by atoms with Gasteiger partial charge in [0.25, 0.3) is 0 Å². The molecule has 1 fully saturated rings. The summed E-state index contributed by atoms with van der Waals surface area (Å²) in [4.78, 5) is 12.9. The third-order valence-corrected chi connectivity index (χ3v) is 4.01. The summed E-state index contributed by atoms with van der Waals surface area (Å²) in [6.07, 6.45) is 0.980. The van der Waals surface area contributed by atoms with E-state index in [1.54, 1.807) is 0 Å². The van der Waals surface area contributed by atoms with Crippen molar-refractivity contribution in [2.75, 3.05) is 12.3 Å². The maximum atomic E-state index is 11.0. The molecule has 3 heteroatoms. The van der Waals surface area contributed by atoms with Crippen LogP contribution in [-0.2, 0) is 4.79 Å². The van der Waals surface area contributed by atoms with Crippen LogP contribution in [0.5, 0.6) is 0 Å². The van der Waals surface area contributed by atoms with Gasteiger partial charge in [-0.15, -0.1) is 0 Å². The summed E-state index contributed by atoms with van der Waals surface area (Å²) < 4.78 is 0. The predicted octanol–water partition coefficient (Wildman–Crippen LogP) is 2.32. The minimum atomic E-state index is 0.238. The quantitative estimate of drug-likeness (QED) is 0.714. The molecule has 0 radical (unpaired) electrons. The van der Waals surface area contributed by atoms with E-state index in [1.165, 1.54) is 5.56 Å². The van der Waals surface area contributed by atoms with Gasteiger partial charge < -0.3 is 4.90 Å². The molecular formula is C12H15NOS. The van der Waals surface area contributed by atoms with E-state index in [0.717, 1.165) is 18.7 Å². The van der Waals surface area contributed by atoms with E-state index in [0.29, 0.717) is 5.25 Å². The molecular weight excluding hydrogens is 206 g/mol. The smallest absolute Gasteiger partial charge is 0.210 e. The zero-order chi connectivity index (χ0) is 10.7. The molecule has 0 saturated carbocycles. The average Bonchev–Trinajstić information content (AvgIpc) is 2.29. The fourth-order valence-electron chi connectivity index (χ4n) is 2.07. The third-order valence-electron chi connectivity index (χ3n) is 2.81. The number of carbonyl (C=O) groups excluding carboxylic acids is 1. The lowest BCUT2D eigenvalue weighted by molar-refractivity contribution is -0.120. The molecule has 1 saturated heterocycles. The van der Waals surface area contributed by atoms with Crippen molar-refractivity contribution in [2.24, 2.45) is 0 Å². The Morgan fingerprint density at radius 1 is 1.40 bits per heavy atom. The van der Waals surface area contributed by atoms with Crippen molar-refractivity contribution in [3.8, 4) is 0 Å². The monoisotopic (exact) mass is 221 g/mol. The number of carbonyl (C=O) groups is 1. The number of rotatable bonds is 2. The van der Waals surface area contributed by atoms with E-state index in [-0.39, 0.29) is 6.04 Å². The van der Waals surface area contributed by atoms with Gasteiger partial charge in [-0.2, -0.15) is 11.8 Å². The number of hydrogen-bond donors (Lipinski definition) is 0. The molecule has 1 aromatic carbocycles. The third kappa shape index (κ3) is 2.17. The molecule has 0 spiro atoms. The van der Waals surface area contributed by atoms with Crippen LogP contribution in [-0.4, -0.2) is 28.9 Å². The van der Waals surface area contributed by atoms with Crippen molar-refractivity contribution >= 4 is 18.2 Å². The zero-order valence-electron chi connectivity index (χ0n) is 8.80. The molecule has 0 aromatic heterocycles. The van der Waals surface area contributed by atoms with Gasteiger partial charge in [0.1, 0.15) is 0 Å². The lowest BCUT2D eigenvalue weighted by Gasteiger charge is -2.37. The van der Waals surface area contributed by atoms with Gasteiger partial charge in [-0.1, -0.05) is 37.3 Å². The Bertz CT molecular complexity index is 328. The minimum Gasteiger partial charge on any atom is -0.336 e. The molecule has 80 valence electrons. The highest BCUT2D eigenvalue weighted by Gasteiger charge is 2.28. The number of thioether (sulfide) groups is 1. The highest BCUT2D eigenvalue weighted by atomic mass is 32.2. The maximum absolute atomic E-state index is 11.0. The predicted molar refractivity (Wildman–Crippen MR) is 63.9 cm³/mol. The SMILES string of the molecule is CC1SCCN(C=O)C1c1ccccc1. The molecule has 15 heavy (non-hydrogen) atoms. The van der Waals surface area contributed by atoms with Crippen LogP contribution in [0.3, 0.4) is 0 Å². The molecule has 1 amide bonds. The Morgan fingerprint density at radius 2 is 2.13 bits per heavy atom. The molecule has 0 N–H and O–H groups in total. The number of nitrogens with zero attached hydrogens (tertiary/aromatic N) is 1. The Hall–Kier alpha value is -0.960. The van der Waals surface area contributed by atoms with Crippen LogP contribution >= 0.6 is 11.8 Å². The highest BCUT2D eigenvalue weighted by molar-refractivity contribution is 8.00. The maximum Gasteiger partial charge on any atom is 0.210 e. The average molecular weight is 221 g/mol. The van der Waals surface area contributed by atoms with Crippen molar-refractivity contribution in [2.45, 2.75) is 18.2 Å². The molecule has 1 aliphatic rings. The standard InChI is InChI=1S/C12H15NOS/c1-10-12(11-5-3-2-4-6-11)13(9-14)7-8-15-10/h2-6,9-10,12H,7-8H2,1H3. The van der Waals surface area contributed by atoms with Gasteiger partial charge in [-0.05, 0) is 5.56 Å². The number of amides is 1. The van der Waals surface area contributed by atoms with Gasteiger partial charge in [0.2, 0.25) is 6.41 Å². The molecule has 2 rings (SSSR count). The molecule has 2 nitrogen and oxygen atoms in total. The lowest BCUT2D eigenvalue weighted by atomic mass is 10.0. The van der Waals surface area contributed by atoms with Crippen molar-refractivity contribution in [3.63, 3.8) is 0 Å². The van der Waals surface area contributed by atoms with Crippen LogP contribution in [0.15, 0.2) is 30.3 Å². The van der Waals surface area contributed by atoms with E-state index in [2.05, 4.69) is 19.1 Å². The van der Waals surface area contributed by atoms with Gasteiger partial charge in [0.15, 0.2) is 0 Å². The Labute approximate surface area is 94.7 Å². The fourth-order valence-corrected chi connectivity index (χ4v) is 3.26. The van der Waals surface area contributed by atoms with E-state index in [9.17, 15) is 4.79 Å². The summed E-state index contributed by atoms with van der Waals surface area (Å²) in [7, 11) is 0. The first kappa shape index (κ1) is 10.6. The number of hydrogen-bond acceptors (Lipinski definition) is 2. The first-order chi connectivity index (χ1) is 7.33. The van der Waals surface area contributed by atoms with Crippen LogP contribution in [0.25, 0.3) is 0 Å². The second kappa shape index (κ2) is 4.71. The van der Waals surface area contributed by atoms with Crippen molar-refractivity contribution in [1.82, 2.24) is 4.90 Å². The zero-order valence-corrected chi connectivity index (χ0v) is 9.61. The summed E-state index contributed by atoms with van der Waals surface area (Å²) in [5.74, 6) is 1.04. The fraction of sp³-hybridized carbons (Fsp3) is 0.417. The van der Waals surface area contributed by atoms with Crippen molar-refractivity contribution in [1.29, 1.82) is 0 Å². The summed E-state index contributed by atoms with van der Waals surface area (Å²) in [5.41, 5.74) is 1.24. The second-order valence-corrected chi connectivity index (χ2v) is 5.26. The van der Waals surface area contributed by atoms with E-state index in [1.807, 2.05) is 34.9 Å². The molecule has 1 aliphatic heterocycles. The lowest BCUT2D eigenvalue weighted by Crippen LogP contribution is -2.39. The summed E-state index contributed by atoms with van der Waals surface area (Å²) in [6, 6.07) is 10.5. The van der Waals surface area contributed by atoms with Crippen LogP contribution in [0.2, 0.25) is 0 Å². The van der Waals surface area contributed by atoms with Crippen LogP contribution in [0.1, 0.15) is 18.5 Å². The molecule has 0 bridgehead atoms. The molecule has 1 heterocycles. The van der Waals surface area contributed by atoms with Gasteiger partial charge in [-0.3, -0.25) is 4.79 Å². The van der Waals surface area contributed by atoms with Crippen molar-refractivity contribution in [3.05, 3.63) is 35.9 Å². The summed E-state index contributed by atoms with van der Waals surface area (Å²) >= 11 is 1.94. The van der Waals surface area contributed by atoms with Gasteiger partial charge in [-0.25, -0.2) is 0 Å². The Morgan fingerprint density at radius 3 is 2.80 bits per heavy atom. The minimum absolute atomic E-state index is 0.238. The molecule has 1 aromatic rings. The first-order valence-corrected chi connectivity index (χ1v) is 6.25. The summed E-state index contributed by atoms with van der Waals surface area (Å²) in [5, 5.41) is 0.478. The summed E-state index contributed by atoms with van der Waals surface area (Å²) in [6.45, 7) is 3.05. The number of benzene rings is 1. The van der Waals surface area contributed by atoms with Gasteiger partial charge in [0, 0.05) is 17.5 Å².